The van der Waals surface area contributed by atoms with E-state index in [-0.39, 0.29) is 0 Å². The highest BCUT2D eigenvalue weighted by Gasteiger charge is 2.25. The number of halogens is 1. The van der Waals surface area contributed by atoms with Crippen LogP contribution in [0.15, 0.2) is 35.4 Å². The lowest BCUT2D eigenvalue weighted by atomic mass is 10.1. The zero-order valence-corrected chi connectivity index (χ0v) is 7.62. The normalized spacial score (nSPS) is 19.1. The van der Waals surface area contributed by atoms with Crippen LogP contribution in [0, 0.1) is 5.92 Å². The second kappa shape index (κ2) is 3.27. The van der Waals surface area contributed by atoms with Gasteiger partial charge in [0.05, 0.1) is 0 Å². The zero-order chi connectivity index (χ0) is 8.43. The summed E-state index contributed by atoms with van der Waals surface area (Å²) in [4.78, 5) is 0. The molecule has 1 aliphatic carbocycles. The summed E-state index contributed by atoms with van der Waals surface area (Å²) in [5.74, 6) is 0.698. The SMILES string of the molecule is C=C/C(Cl)=C(/C)C(=C)C1CC1. The molecule has 0 nitrogen and oxygen atoms in total. The molecule has 1 aliphatic rings. The van der Waals surface area contributed by atoms with Crippen molar-refractivity contribution in [3.63, 3.8) is 0 Å². The fourth-order valence-corrected chi connectivity index (χ4v) is 1.17. The minimum Gasteiger partial charge on any atom is -0.0976 e. The number of allylic oxidation sites excluding steroid dienone is 4. The van der Waals surface area contributed by atoms with Crippen LogP contribution in [0.1, 0.15) is 19.8 Å². The molecular weight excluding hydrogens is 156 g/mol. The van der Waals surface area contributed by atoms with Crippen molar-refractivity contribution in [3.05, 3.63) is 35.4 Å². The van der Waals surface area contributed by atoms with Crippen LogP contribution in [-0.4, -0.2) is 0 Å². The van der Waals surface area contributed by atoms with Crippen LogP contribution in [0.2, 0.25) is 0 Å². The van der Waals surface area contributed by atoms with Crippen molar-refractivity contribution in [2.75, 3.05) is 0 Å². The van der Waals surface area contributed by atoms with Gasteiger partial charge in [-0.3, -0.25) is 0 Å². The van der Waals surface area contributed by atoms with Crippen molar-refractivity contribution in [1.29, 1.82) is 0 Å². The van der Waals surface area contributed by atoms with Crippen molar-refractivity contribution < 1.29 is 0 Å². The summed E-state index contributed by atoms with van der Waals surface area (Å²) in [6.45, 7) is 9.61. The molecule has 1 rings (SSSR count). The van der Waals surface area contributed by atoms with E-state index in [2.05, 4.69) is 13.2 Å². The van der Waals surface area contributed by atoms with Gasteiger partial charge in [0.1, 0.15) is 0 Å². The highest BCUT2D eigenvalue weighted by Crippen LogP contribution is 2.39. The van der Waals surface area contributed by atoms with Gasteiger partial charge in [-0.2, -0.15) is 0 Å². The van der Waals surface area contributed by atoms with E-state index in [1.165, 1.54) is 18.4 Å². The minimum atomic E-state index is 0.698. The lowest BCUT2D eigenvalue weighted by Crippen LogP contribution is -1.87. The lowest BCUT2D eigenvalue weighted by molar-refractivity contribution is 1.02. The third-order valence-electron chi connectivity index (χ3n) is 2.09. The van der Waals surface area contributed by atoms with Crippen molar-refractivity contribution in [3.8, 4) is 0 Å². The fourth-order valence-electron chi connectivity index (χ4n) is 1.04. The molecule has 0 spiro atoms. The van der Waals surface area contributed by atoms with Crippen LogP contribution in [0.5, 0.6) is 0 Å². The smallest absolute Gasteiger partial charge is 0.0431 e. The van der Waals surface area contributed by atoms with E-state index in [9.17, 15) is 0 Å². The molecule has 0 heterocycles. The van der Waals surface area contributed by atoms with Crippen LogP contribution in [0.3, 0.4) is 0 Å². The molecule has 0 aliphatic heterocycles. The van der Waals surface area contributed by atoms with Crippen molar-refractivity contribution in [1.82, 2.24) is 0 Å². The number of hydrogen-bond donors (Lipinski definition) is 0. The van der Waals surface area contributed by atoms with E-state index < -0.39 is 0 Å². The first-order chi connectivity index (χ1) is 5.16. The first-order valence-corrected chi connectivity index (χ1v) is 4.22. The average molecular weight is 169 g/mol. The molecule has 0 saturated heterocycles. The standard InChI is InChI=1S/C10H13Cl/c1-4-10(11)8(3)7(2)9-5-6-9/h4,9H,1-2,5-6H2,3H3/b10-8+. The second-order valence-corrected chi connectivity index (χ2v) is 3.38. The molecule has 0 N–H and O–H groups in total. The first kappa shape index (κ1) is 8.61. The molecule has 0 aromatic rings. The highest BCUT2D eigenvalue weighted by molar-refractivity contribution is 6.31. The quantitative estimate of drug-likeness (QED) is 0.565. The second-order valence-electron chi connectivity index (χ2n) is 2.98. The van der Waals surface area contributed by atoms with Gasteiger partial charge < -0.3 is 0 Å². The zero-order valence-electron chi connectivity index (χ0n) is 6.86. The molecule has 0 unspecified atom stereocenters. The van der Waals surface area contributed by atoms with Gasteiger partial charge in [-0.25, -0.2) is 0 Å². The lowest BCUT2D eigenvalue weighted by Gasteiger charge is -2.04. The Bertz CT molecular complexity index is 219. The Hall–Kier alpha value is -0.490. The predicted octanol–water partition coefficient (Wildman–Crippen LogP) is 3.65. The van der Waals surface area contributed by atoms with Gasteiger partial charge in [-0.15, -0.1) is 0 Å². The van der Waals surface area contributed by atoms with Gasteiger partial charge in [0.2, 0.25) is 0 Å². The number of hydrogen-bond acceptors (Lipinski definition) is 0. The van der Waals surface area contributed by atoms with Gasteiger partial charge in [-0.05, 0) is 36.8 Å². The Morgan fingerprint density at radius 1 is 1.55 bits per heavy atom. The molecule has 0 amide bonds. The van der Waals surface area contributed by atoms with Gasteiger partial charge in [0.25, 0.3) is 0 Å². The Balaban J connectivity index is 2.72. The molecule has 0 bridgehead atoms. The molecule has 1 saturated carbocycles. The Labute approximate surface area is 73.3 Å². The maximum atomic E-state index is 5.88. The van der Waals surface area contributed by atoms with Crippen LogP contribution in [0.25, 0.3) is 0 Å². The van der Waals surface area contributed by atoms with Crippen molar-refractivity contribution >= 4 is 11.6 Å². The van der Waals surface area contributed by atoms with Crippen molar-refractivity contribution in [2.24, 2.45) is 5.92 Å². The van der Waals surface area contributed by atoms with E-state index in [0.29, 0.717) is 5.92 Å². The van der Waals surface area contributed by atoms with Gasteiger partial charge >= 0.3 is 0 Å². The summed E-state index contributed by atoms with van der Waals surface area (Å²) in [7, 11) is 0. The molecule has 0 aromatic heterocycles. The van der Waals surface area contributed by atoms with Crippen LogP contribution >= 0.6 is 11.6 Å². The van der Waals surface area contributed by atoms with E-state index >= 15 is 0 Å². The Kier molecular flexibility index (Phi) is 2.56. The third-order valence-corrected chi connectivity index (χ3v) is 2.53. The molecule has 0 radical (unpaired) electrons. The van der Waals surface area contributed by atoms with Crippen LogP contribution < -0.4 is 0 Å². The average Bonchev–Trinajstić information content (AvgIpc) is 2.82. The predicted molar refractivity (Wildman–Crippen MR) is 50.6 cm³/mol. The molecule has 0 aromatic carbocycles. The summed E-state index contributed by atoms with van der Waals surface area (Å²) in [5.41, 5.74) is 2.29. The van der Waals surface area contributed by atoms with E-state index in [0.717, 1.165) is 10.6 Å². The minimum absolute atomic E-state index is 0.698. The topological polar surface area (TPSA) is 0 Å². The maximum absolute atomic E-state index is 5.88. The van der Waals surface area contributed by atoms with E-state index in [1.54, 1.807) is 6.08 Å². The number of rotatable bonds is 3. The van der Waals surface area contributed by atoms with Crippen LogP contribution in [0.4, 0.5) is 0 Å². The molecule has 0 atom stereocenters. The van der Waals surface area contributed by atoms with E-state index in [4.69, 9.17) is 11.6 Å². The largest absolute Gasteiger partial charge is 0.0976 e. The molecule has 1 heteroatoms. The summed E-state index contributed by atoms with van der Waals surface area (Å²) < 4.78 is 0. The molecule has 1 fully saturated rings. The highest BCUT2D eigenvalue weighted by atomic mass is 35.5. The summed E-state index contributed by atoms with van der Waals surface area (Å²) in [6.07, 6.45) is 4.22. The summed E-state index contributed by atoms with van der Waals surface area (Å²) >= 11 is 5.88. The van der Waals surface area contributed by atoms with Crippen LogP contribution in [-0.2, 0) is 0 Å². The molecule has 11 heavy (non-hydrogen) atoms. The first-order valence-electron chi connectivity index (χ1n) is 3.84. The molecule has 60 valence electrons. The maximum Gasteiger partial charge on any atom is 0.0431 e. The van der Waals surface area contributed by atoms with Gasteiger partial charge in [-0.1, -0.05) is 30.8 Å². The third kappa shape index (κ3) is 1.97. The van der Waals surface area contributed by atoms with E-state index in [1.807, 2.05) is 6.92 Å². The summed E-state index contributed by atoms with van der Waals surface area (Å²) in [5, 5.41) is 0.738. The Morgan fingerprint density at radius 3 is 2.45 bits per heavy atom. The van der Waals surface area contributed by atoms with Crippen molar-refractivity contribution in [2.45, 2.75) is 19.8 Å². The fraction of sp³-hybridized carbons (Fsp3) is 0.400. The molecular formula is C10H13Cl. The van der Waals surface area contributed by atoms with Gasteiger partial charge in [0, 0.05) is 5.03 Å². The monoisotopic (exact) mass is 168 g/mol. The van der Waals surface area contributed by atoms with Gasteiger partial charge in [0.15, 0.2) is 0 Å². The summed E-state index contributed by atoms with van der Waals surface area (Å²) in [6, 6.07) is 0. The Morgan fingerprint density at radius 2 is 2.09 bits per heavy atom.